The highest BCUT2D eigenvalue weighted by Gasteiger charge is 2.24. The lowest BCUT2D eigenvalue weighted by Gasteiger charge is -2.37. The molecule has 4 rings (SSSR count). The molecular weight excluding hydrogens is 435 g/mol. The van der Waals surface area contributed by atoms with Crippen molar-refractivity contribution in [2.75, 3.05) is 29.1 Å². The number of rotatable bonds is 5. The molecule has 1 aromatic carbocycles. The molecule has 0 saturated carbocycles. The molecule has 0 radical (unpaired) electrons. The first kappa shape index (κ1) is 22.0. The molecule has 1 saturated heterocycles. The van der Waals surface area contributed by atoms with Gasteiger partial charge in [0.2, 0.25) is 5.91 Å². The highest BCUT2D eigenvalue weighted by molar-refractivity contribution is 8.00. The fourth-order valence-corrected chi connectivity index (χ4v) is 5.72. The molecule has 0 aliphatic carbocycles. The van der Waals surface area contributed by atoms with Crippen LogP contribution in [0.3, 0.4) is 0 Å². The van der Waals surface area contributed by atoms with Crippen molar-refractivity contribution in [3.63, 3.8) is 0 Å². The van der Waals surface area contributed by atoms with Gasteiger partial charge in [-0.05, 0) is 51.5 Å². The third-order valence-electron chi connectivity index (χ3n) is 5.26. The molecule has 1 aliphatic heterocycles. The number of carbonyl (C=O) groups is 1. The zero-order chi connectivity index (χ0) is 22.1. The van der Waals surface area contributed by atoms with Crippen LogP contribution in [0.5, 0.6) is 0 Å². The third kappa shape index (κ3) is 4.83. The second-order valence-corrected chi connectivity index (χ2v) is 9.97. The van der Waals surface area contributed by atoms with Crippen LogP contribution < -0.4 is 10.2 Å². The van der Waals surface area contributed by atoms with E-state index in [4.69, 9.17) is 4.74 Å². The third-order valence-corrected chi connectivity index (χ3v) is 7.37. The van der Waals surface area contributed by atoms with E-state index in [1.54, 1.807) is 23.5 Å². The number of ether oxygens (including phenoxy) is 1. The molecule has 6 nitrogen and oxygen atoms in total. The van der Waals surface area contributed by atoms with E-state index in [2.05, 4.69) is 22.2 Å². The molecule has 3 aromatic rings. The number of morpholine rings is 1. The number of hydrogen-bond acceptors (Lipinski definition) is 7. The summed E-state index contributed by atoms with van der Waals surface area (Å²) in [6.07, 6.45) is 1.62. The molecule has 0 spiro atoms. The zero-order valence-electron chi connectivity index (χ0n) is 17.9. The van der Waals surface area contributed by atoms with Crippen molar-refractivity contribution in [1.29, 1.82) is 0 Å². The second kappa shape index (κ2) is 9.10. The molecule has 2 atom stereocenters. The van der Waals surface area contributed by atoms with Gasteiger partial charge in [-0.3, -0.25) is 4.79 Å². The first-order valence-corrected chi connectivity index (χ1v) is 12.0. The molecule has 1 amide bonds. The SMILES string of the molecule is Cc1sc2ncnc(SCC(=O)Nc3ccc(N4CC(C)OC(C)C4)c(F)c3)c2c1C. The molecule has 0 bridgehead atoms. The Hall–Kier alpha value is -2.23. The quantitative estimate of drug-likeness (QED) is 0.436. The maximum atomic E-state index is 14.8. The monoisotopic (exact) mass is 460 g/mol. The lowest BCUT2D eigenvalue weighted by atomic mass is 10.2. The van der Waals surface area contributed by atoms with Gasteiger partial charge in [-0.2, -0.15) is 0 Å². The fourth-order valence-electron chi connectivity index (χ4n) is 3.81. The summed E-state index contributed by atoms with van der Waals surface area (Å²) in [5.74, 6) is -0.377. The standard InChI is InChI=1S/C22H25FN4O2S2/c1-12-8-27(9-13(2)29-12)18-6-5-16(7-17(18)23)26-19(28)10-30-21-20-14(3)15(4)31-22(20)25-11-24-21/h5-7,11-13H,8-10H2,1-4H3,(H,26,28). The number of thioether (sulfide) groups is 1. The van der Waals surface area contributed by atoms with Crippen LogP contribution in [0.1, 0.15) is 24.3 Å². The van der Waals surface area contributed by atoms with Gasteiger partial charge < -0.3 is 15.0 Å². The summed E-state index contributed by atoms with van der Waals surface area (Å²) in [5, 5.41) is 4.58. The largest absolute Gasteiger partial charge is 0.372 e. The number of thiophene rings is 1. The molecule has 9 heteroatoms. The lowest BCUT2D eigenvalue weighted by molar-refractivity contribution is -0.113. The highest BCUT2D eigenvalue weighted by Crippen LogP contribution is 2.34. The lowest BCUT2D eigenvalue weighted by Crippen LogP contribution is -2.45. The van der Waals surface area contributed by atoms with E-state index in [9.17, 15) is 9.18 Å². The van der Waals surface area contributed by atoms with Gasteiger partial charge in [0.1, 0.15) is 22.0 Å². The van der Waals surface area contributed by atoms with E-state index in [-0.39, 0.29) is 29.7 Å². The number of fused-ring (bicyclic) bond motifs is 1. The second-order valence-electron chi connectivity index (χ2n) is 7.81. The molecule has 164 valence electrons. The van der Waals surface area contributed by atoms with Crippen molar-refractivity contribution in [3.8, 4) is 0 Å². The Morgan fingerprint density at radius 2 is 2.03 bits per heavy atom. The fraction of sp³-hybridized carbons (Fsp3) is 0.409. The summed E-state index contributed by atoms with van der Waals surface area (Å²) >= 11 is 2.99. The number of nitrogens with one attached hydrogen (secondary N) is 1. The summed E-state index contributed by atoms with van der Waals surface area (Å²) in [7, 11) is 0. The highest BCUT2D eigenvalue weighted by atomic mass is 32.2. The summed E-state index contributed by atoms with van der Waals surface area (Å²) in [5.41, 5.74) is 2.12. The van der Waals surface area contributed by atoms with Crippen LogP contribution in [0.4, 0.5) is 15.8 Å². The van der Waals surface area contributed by atoms with E-state index >= 15 is 0 Å². The summed E-state index contributed by atoms with van der Waals surface area (Å²) < 4.78 is 20.5. The Morgan fingerprint density at radius 1 is 1.29 bits per heavy atom. The summed E-state index contributed by atoms with van der Waals surface area (Å²) in [4.78, 5) is 25.3. The van der Waals surface area contributed by atoms with Crippen LogP contribution in [0, 0.1) is 19.7 Å². The zero-order valence-corrected chi connectivity index (χ0v) is 19.6. The first-order valence-electron chi connectivity index (χ1n) is 10.1. The minimum Gasteiger partial charge on any atom is -0.372 e. The average Bonchev–Trinajstić information content (AvgIpc) is 3.00. The number of hydrogen-bond donors (Lipinski definition) is 1. The maximum absolute atomic E-state index is 14.8. The van der Waals surface area contributed by atoms with Crippen molar-refractivity contribution < 1.29 is 13.9 Å². The Balaban J connectivity index is 1.41. The molecular formula is C22H25FN4O2S2. The summed E-state index contributed by atoms with van der Waals surface area (Å²) in [6.45, 7) is 9.34. The van der Waals surface area contributed by atoms with Gasteiger partial charge in [0, 0.05) is 29.0 Å². The van der Waals surface area contributed by atoms with Crippen LogP contribution in [-0.4, -0.2) is 46.9 Å². The Kier molecular flexibility index (Phi) is 6.45. The van der Waals surface area contributed by atoms with E-state index in [0.717, 1.165) is 20.8 Å². The topological polar surface area (TPSA) is 67.4 Å². The van der Waals surface area contributed by atoms with Gasteiger partial charge >= 0.3 is 0 Å². The number of aromatic nitrogens is 2. The van der Waals surface area contributed by atoms with Gasteiger partial charge in [0.05, 0.1) is 23.6 Å². The number of amides is 1. The minimum absolute atomic E-state index is 0.0449. The maximum Gasteiger partial charge on any atom is 0.234 e. The van der Waals surface area contributed by atoms with Crippen LogP contribution in [-0.2, 0) is 9.53 Å². The Labute approximate surface area is 189 Å². The molecule has 2 aromatic heterocycles. The predicted octanol–water partition coefficient (Wildman–Crippen LogP) is 4.79. The molecule has 31 heavy (non-hydrogen) atoms. The molecule has 2 unspecified atom stereocenters. The van der Waals surface area contributed by atoms with E-state index in [1.807, 2.05) is 25.7 Å². The normalized spacial score (nSPS) is 19.1. The number of anilines is 2. The Bertz CT molecular complexity index is 1110. The molecule has 3 heterocycles. The number of aryl methyl sites for hydroxylation is 2. The van der Waals surface area contributed by atoms with E-state index < -0.39 is 0 Å². The van der Waals surface area contributed by atoms with Crippen molar-refractivity contribution in [1.82, 2.24) is 9.97 Å². The van der Waals surface area contributed by atoms with Gasteiger partial charge in [0.25, 0.3) is 0 Å². The van der Waals surface area contributed by atoms with Gasteiger partial charge in [-0.1, -0.05) is 11.8 Å². The van der Waals surface area contributed by atoms with Crippen LogP contribution >= 0.6 is 23.1 Å². The van der Waals surface area contributed by atoms with Gasteiger partial charge in [0.15, 0.2) is 0 Å². The molecule has 1 fully saturated rings. The van der Waals surface area contributed by atoms with Crippen LogP contribution in [0.15, 0.2) is 29.6 Å². The minimum atomic E-state index is -0.353. The smallest absolute Gasteiger partial charge is 0.234 e. The van der Waals surface area contributed by atoms with Crippen LogP contribution in [0.25, 0.3) is 10.2 Å². The number of halogens is 1. The van der Waals surface area contributed by atoms with Gasteiger partial charge in [-0.15, -0.1) is 11.3 Å². The van der Waals surface area contributed by atoms with E-state index in [1.165, 1.54) is 29.0 Å². The average molecular weight is 461 g/mol. The van der Waals surface area contributed by atoms with Crippen LogP contribution in [0.2, 0.25) is 0 Å². The van der Waals surface area contributed by atoms with E-state index in [0.29, 0.717) is 24.5 Å². The van der Waals surface area contributed by atoms with Crippen molar-refractivity contribution in [3.05, 3.63) is 40.8 Å². The predicted molar refractivity (Wildman–Crippen MR) is 125 cm³/mol. The van der Waals surface area contributed by atoms with Crippen molar-refractivity contribution in [2.45, 2.75) is 44.9 Å². The number of nitrogens with zero attached hydrogens (tertiary/aromatic N) is 3. The number of carbonyl (C=O) groups excluding carboxylic acids is 1. The summed E-state index contributed by atoms with van der Waals surface area (Å²) in [6, 6.07) is 4.83. The van der Waals surface area contributed by atoms with Gasteiger partial charge in [-0.25, -0.2) is 14.4 Å². The first-order chi connectivity index (χ1) is 14.8. The molecule has 1 aliphatic rings. The number of benzene rings is 1. The van der Waals surface area contributed by atoms with Crippen molar-refractivity contribution in [2.24, 2.45) is 0 Å². The Morgan fingerprint density at radius 3 is 2.74 bits per heavy atom. The van der Waals surface area contributed by atoms with Crippen molar-refractivity contribution >= 4 is 50.6 Å². The molecule has 1 N–H and O–H groups in total.